The minimum absolute atomic E-state index is 0.0414. The third-order valence-corrected chi connectivity index (χ3v) is 8.44. The van der Waals surface area contributed by atoms with Gasteiger partial charge in [0.25, 0.3) is 0 Å². The number of morpholine rings is 1. The summed E-state index contributed by atoms with van der Waals surface area (Å²) < 4.78 is 45.8. The smallest absolute Gasteiger partial charge is 0.391 e. The van der Waals surface area contributed by atoms with Crippen molar-refractivity contribution in [2.45, 2.75) is 94.9 Å². The van der Waals surface area contributed by atoms with Crippen LogP contribution in [0.15, 0.2) is 12.3 Å². The van der Waals surface area contributed by atoms with Crippen molar-refractivity contribution >= 4 is 17.4 Å². The lowest BCUT2D eigenvalue weighted by Gasteiger charge is -2.34. The summed E-state index contributed by atoms with van der Waals surface area (Å²) in [5.41, 5.74) is 3.06. The quantitative estimate of drug-likeness (QED) is 0.558. The maximum atomic E-state index is 13.0. The maximum absolute atomic E-state index is 13.0. The van der Waals surface area contributed by atoms with Crippen LogP contribution in [0.3, 0.4) is 0 Å². The first-order chi connectivity index (χ1) is 18.2. The van der Waals surface area contributed by atoms with Gasteiger partial charge in [-0.2, -0.15) is 13.2 Å². The molecule has 3 heterocycles. The molecular formula is C27H38F3N5O3. The molecule has 0 unspecified atom stereocenters. The summed E-state index contributed by atoms with van der Waals surface area (Å²) in [5.74, 6) is 0.942. The maximum Gasteiger partial charge on any atom is 0.391 e. The summed E-state index contributed by atoms with van der Waals surface area (Å²) in [5, 5.41) is 17.5. The number of halogens is 3. The van der Waals surface area contributed by atoms with E-state index in [0.29, 0.717) is 26.3 Å². The van der Waals surface area contributed by atoms with Crippen LogP contribution in [-0.2, 0) is 9.53 Å². The average molecular weight is 538 g/mol. The third kappa shape index (κ3) is 6.25. The summed E-state index contributed by atoms with van der Waals surface area (Å²) in [7, 11) is 0. The standard InChI is InChI=1S/C27H38F3N5O3/c1-17(15-27(28,29)30)32-26-31-16-24-22(14-23(35(24)33-26)19-6-8-21(36)9-7-19)18-2-4-20(5-3-18)25(37)34-10-12-38-13-11-34/h14,16-21,36H,2-13,15H2,1H3,(H,32,33)/t17-,18-,19-,20+,21-/m0/s1. The zero-order chi connectivity index (χ0) is 26.9. The molecule has 2 saturated carbocycles. The Labute approximate surface area is 220 Å². The van der Waals surface area contributed by atoms with E-state index >= 15 is 0 Å². The van der Waals surface area contributed by atoms with Gasteiger partial charge in [-0.1, -0.05) is 0 Å². The zero-order valence-electron chi connectivity index (χ0n) is 21.9. The monoisotopic (exact) mass is 537 g/mol. The van der Waals surface area contributed by atoms with Crippen molar-refractivity contribution in [3.63, 3.8) is 0 Å². The predicted octanol–water partition coefficient (Wildman–Crippen LogP) is 4.63. The highest BCUT2D eigenvalue weighted by Crippen LogP contribution is 2.42. The number of nitrogens with one attached hydrogen (secondary N) is 1. The van der Waals surface area contributed by atoms with Gasteiger partial charge in [0.1, 0.15) is 0 Å². The van der Waals surface area contributed by atoms with E-state index in [1.165, 1.54) is 6.92 Å². The molecule has 3 aliphatic rings. The normalized spacial score (nSPS) is 27.9. The lowest BCUT2D eigenvalue weighted by Crippen LogP contribution is -2.44. The first kappa shape index (κ1) is 27.2. The van der Waals surface area contributed by atoms with E-state index < -0.39 is 18.6 Å². The van der Waals surface area contributed by atoms with E-state index in [1.807, 2.05) is 9.42 Å². The number of hydrogen-bond donors (Lipinski definition) is 2. The van der Waals surface area contributed by atoms with Gasteiger partial charge in [0.15, 0.2) is 0 Å². The Morgan fingerprint density at radius 3 is 2.42 bits per heavy atom. The van der Waals surface area contributed by atoms with Crippen molar-refractivity contribution in [2.24, 2.45) is 5.92 Å². The Morgan fingerprint density at radius 1 is 1.11 bits per heavy atom. The van der Waals surface area contributed by atoms with Crippen LogP contribution in [0, 0.1) is 5.92 Å². The van der Waals surface area contributed by atoms with Crippen LogP contribution in [0.4, 0.5) is 19.1 Å². The molecule has 3 fully saturated rings. The Balaban J connectivity index is 1.36. The fourth-order valence-corrected chi connectivity index (χ4v) is 6.41. The lowest BCUT2D eigenvalue weighted by molar-refractivity contribution is -0.140. The van der Waals surface area contributed by atoms with E-state index in [9.17, 15) is 23.1 Å². The number of carbonyl (C=O) groups excluding carboxylic acids is 1. The highest BCUT2D eigenvalue weighted by molar-refractivity contribution is 5.79. The number of carbonyl (C=O) groups is 1. The van der Waals surface area contributed by atoms with Gasteiger partial charge < -0.3 is 20.1 Å². The summed E-state index contributed by atoms with van der Waals surface area (Å²) >= 11 is 0. The number of amides is 1. The van der Waals surface area contributed by atoms with Gasteiger partial charge >= 0.3 is 6.18 Å². The second kappa shape index (κ2) is 11.4. The van der Waals surface area contributed by atoms with Crippen LogP contribution in [0.2, 0.25) is 0 Å². The first-order valence-corrected chi connectivity index (χ1v) is 13.9. The highest BCUT2D eigenvalue weighted by atomic mass is 19.4. The molecule has 1 atom stereocenters. The molecule has 38 heavy (non-hydrogen) atoms. The molecule has 1 aliphatic heterocycles. The van der Waals surface area contributed by atoms with Crippen molar-refractivity contribution in [3.8, 4) is 0 Å². The van der Waals surface area contributed by atoms with E-state index in [1.54, 1.807) is 6.20 Å². The van der Waals surface area contributed by atoms with Crippen LogP contribution in [-0.4, -0.2) is 75.1 Å². The van der Waals surface area contributed by atoms with E-state index in [2.05, 4.69) is 21.5 Å². The van der Waals surface area contributed by atoms with E-state index in [4.69, 9.17) is 4.74 Å². The second-order valence-corrected chi connectivity index (χ2v) is 11.3. The third-order valence-electron chi connectivity index (χ3n) is 8.44. The van der Waals surface area contributed by atoms with Gasteiger partial charge in [-0.05, 0) is 75.8 Å². The van der Waals surface area contributed by atoms with Gasteiger partial charge in [-0.3, -0.25) is 4.79 Å². The van der Waals surface area contributed by atoms with E-state index in [-0.39, 0.29) is 35.7 Å². The van der Waals surface area contributed by atoms with Crippen molar-refractivity contribution in [3.05, 3.63) is 23.5 Å². The second-order valence-electron chi connectivity index (χ2n) is 11.3. The molecule has 2 N–H and O–H groups in total. The molecule has 2 aliphatic carbocycles. The molecule has 0 radical (unpaired) electrons. The number of alkyl halides is 3. The minimum atomic E-state index is -4.27. The van der Waals surface area contributed by atoms with Crippen molar-refractivity contribution in [2.75, 3.05) is 31.6 Å². The van der Waals surface area contributed by atoms with Crippen molar-refractivity contribution < 1.29 is 27.8 Å². The Kier molecular flexibility index (Phi) is 8.14. The van der Waals surface area contributed by atoms with E-state index in [0.717, 1.165) is 68.1 Å². The molecule has 2 aromatic rings. The SMILES string of the molecule is C[C@@H](CC(F)(F)F)Nc1ncc2c([C@H]3CC[C@@H](C(=O)N4CCOCC4)CC3)cc([C@H]3CC[C@H](O)CC3)n2n1. The van der Waals surface area contributed by atoms with Gasteiger partial charge in [0, 0.05) is 36.7 Å². The first-order valence-electron chi connectivity index (χ1n) is 13.9. The number of aliphatic hydroxyl groups excluding tert-OH is 1. The summed E-state index contributed by atoms with van der Waals surface area (Å²) in [6.07, 6.45) is 2.77. The van der Waals surface area contributed by atoms with Crippen LogP contribution >= 0.6 is 0 Å². The largest absolute Gasteiger partial charge is 0.393 e. The molecule has 210 valence electrons. The van der Waals surface area contributed by atoms with Crippen LogP contribution in [0.5, 0.6) is 0 Å². The lowest BCUT2D eigenvalue weighted by atomic mass is 9.78. The topological polar surface area (TPSA) is 92.0 Å². The molecule has 0 spiro atoms. The van der Waals surface area contributed by atoms with Crippen molar-refractivity contribution in [1.82, 2.24) is 19.5 Å². The van der Waals surface area contributed by atoms with Gasteiger partial charge in [-0.15, -0.1) is 5.10 Å². The predicted molar refractivity (Wildman–Crippen MR) is 136 cm³/mol. The number of fused-ring (bicyclic) bond motifs is 1. The fraction of sp³-hybridized carbons (Fsp3) is 0.741. The summed E-state index contributed by atoms with van der Waals surface area (Å²) in [4.78, 5) is 19.3. The molecule has 5 rings (SSSR count). The van der Waals surface area contributed by atoms with Crippen LogP contribution < -0.4 is 5.32 Å². The number of ether oxygens (including phenoxy) is 1. The van der Waals surface area contributed by atoms with Crippen molar-refractivity contribution in [1.29, 1.82) is 0 Å². The van der Waals surface area contributed by atoms with Gasteiger partial charge in [0.2, 0.25) is 11.9 Å². The Hall–Kier alpha value is -2.40. The van der Waals surface area contributed by atoms with Gasteiger partial charge in [0.05, 0.1) is 37.5 Å². The number of nitrogens with zero attached hydrogens (tertiary/aromatic N) is 4. The number of aromatic nitrogens is 3. The Bertz CT molecular complexity index is 1100. The zero-order valence-corrected chi connectivity index (χ0v) is 21.9. The molecule has 1 amide bonds. The number of aliphatic hydroxyl groups is 1. The molecule has 1 saturated heterocycles. The number of hydrogen-bond acceptors (Lipinski definition) is 6. The number of rotatable bonds is 6. The Morgan fingerprint density at radius 2 is 1.76 bits per heavy atom. The molecule has 0 aromatic carbocycles. The van der Waals surface area contributed by atoms with Crippen LogP contribution in [0.1, 0.15) is 87.8 Å². The number of anilines is 1. The molecule has 8 nitrogen and oxygen atoms in total. The minimum Gasteiger partial charge on any atom is -0.393 e. The molecular weight excluding hydrogens is 499 g/mol. The highest BCUT2D eigenvalue weighted by Gasteiger charge is 2.34. The summed E-state index contributed by atoms with van der Waals surface area (Å²) in [6, 6.07) is 1.35. The summed E-state index contributed by atoms with van der Waals surface area (Å²) in [6.45, 7) is 4.01. The molecule has 11 heteroatoms. The average Bonchev–Trinajstić information content (AvgIpc) is 3.27. The van der Waals surface area contributed by atoms with Crippen LogP contribution in [0.25, 0.3) is 5.52 Å². The molecule has 0 bridgehead atoms. The fourth-order valence-electron chi connectivity index (χ4n) is 6.41. The van der Waals surface area contributed by atoms with Gasteiger partial charge in [-0.25, -0.2) is 9.50 Å². The molecule has 2 aromatic heterocycles.